The molecule has 1 amide bonds. The Balaban J connectivity index is 1.36. The molecule has 0 saturated carbocycles. The van der Waals surface area contributed by atoms with Crippen LogP contribution in [0.1, 0.15) is 17.5 Å². The lowest BCUT2D eigenvalue weighted by molar-refractivity contribution is -0.118. The van der Waals surface area contributed by atoms with Crippen molar-refractivity contribution >= 4 is 27.3 Å². The first-order valence-corrected chi connectivity index (χ1v) is 12.7. The Morgan fingerprint density at radius 3 is 2.43 bits per heavy atom. The highest BCUT2D eigenvalue weighted by atomic mass is 32.2. The number of nitrogens with zero attached hydrogens (tertiary/aromatic N) is 1. The van der Waals surface area contributed by atoms with Gasteiger partial charge in [-0.1, -0.05) is 12.1 Å². The molecule has 1 N–H and O–H groups in total. The van der Waals surface area contributed by atoms with E-state index in [4.69, 9.17) is 14.2 Å². The number of benzene rings is 3. The van der Waals surface area contributed by atoms with Gasteiger partial charge in [-0.25, -0.2) is 8.42 Å². The van der Waals surface area contributed by atoms with Gasteiger partial charge in [0.05, 0.1) is 23.8 Å². The van der Waals surface area contributed by atoms with Crippen LogP contribution in [0.15, 0.2) is 65.6 Å². The Hall–Kier alpha value is -3.72. The first-order chi connectivity index (χ1) is 16.7. The first-order valence-electron chi connectivity index (χ1n) is 11.2. The van der Waals surface area contributed by atoms with Gasteiger partial charge in [0.25, 0.3) is 15.9 Å². The zero-order chi connectivity index (χ0) is 25.0. The van der Waals surface area contributed by atoms with Crippen LogP contribution >= 0.6 is 0 Å². The Bertz CT molecular complexity index is 1320. The second-order valence-corrected chi connectivity index (χ2v) is 10.2. The minimum atomic E-state index is -3.72. The molecule has 184 valence electrons. The van der Waals surface area contributed by atoms with Gasteiger partial charge in [0, 0.05) is 25.2 Å². The molecule has 0 unspecified atom stereocenters. The molecular weight excluding hydrogens is 468 g/mol. The zero-order valence-corrected chi connectivity index (χ0v) is 20.7. The lowest BCUT2D eigenvalue weighted by Gasteiger charge is -2.21. The smallest absolute Gasteiger partial charge is 0.264 e. The summed E-state index contributed by atoms with van der Waals surface area (Å²) in [7, 11) is -2.21. The number of aryl methyl sites for hydroxylation is 2. The number of ether oxygens (including phenoxy) is 3. The average molecular weight is 497 g/mol. The van der Waals surface area contributed by atoms with Crippen molar-refractivity contribution < 1.29 is 27.4 Å². The summed E-state index contributed by atoms with van der Waals surface area (Å²) in [4.78, 5) is 12.6. The van der Waals surface area contributed by atoms with Gasteiger partial charge in [-0.3, -0.25) is 9.10 Å². The molecule has 0 radical (unpaired) electrons. The van der Waals surface area contributed by atoms with Crippen LogP contribution in [0.4, 0.5) is 11.4 Å². The number of carbonyl (C=O) groups excluding carboxylic acids is 1. The minimum Gasteiger partial charge on any atom is -0.490 e. The monoisotopic (exact) mass is 496 g/mol. The van der Waals surface area contributed by atoms with Gasteiger partial charge in [0.1, 0.15) is 5.75 Å². The molecule has 4 rings (SSSR count). The van der Waals surface area contributed by atoms with Crippen LogP contribution in [0.2, 0.25) is 0 Å². The summed E-state index contributed by atoms with van der Waals surface area (Å²) < 4.78 is 44.3. The van der Waals surface area contributed by atoms with E-state index in [-0.39, 0.29) is 17.4 Å². The first kappa shape index (κ1) is 24.4. The summed E-state index contributed by atoms with van der Waals surface area (Å²) in [6.07, 6.45) is 0.802. The second-order valence-electron chi connectivity index (χ2n) is 8.28. The highest BCUT2D eigenvalue weighted by Crippen LogP contribution is 2.32. The molecule has 3 aromatic carbocycles. The Morgan fingerprint density at radius 2 is 1.69 bits per heavy atom. The Morgan fingerprint density at radius 1 is 0.971 bits per heavy atom. The van der Waals surface area contributed by atoms with Gasteiger partial charge in [-0.2, -0.15) is 0 Å². The summed E-state index contributed by atoms with van der Waals surface area (Å²) in [6, 6.07) is 17.1. The molecule has 1 aliphatic rings. The fourth-order valence-corrected chi connectivity index (χ4v) is 5.11. The molecule has 35 heavy (non-hydrogen) atoms. The van der Waals surface area contributed by atoms with Gasteiger partial charge < -0.3 is 19.5 Å². The number of amides is 1. The molecule has 0 atom stereocenters. The molecule has 0 bridgehead atoms. The predicted molar refractivity (Wildman–Crippen MR) is 134 cm³/mol. The van der Waals surface area contributed by atoms with Crippen molar-refractivity contribution in [2.75, 3.05) is 36.5 Å². The van der Waals surface area contributed by atoms with Crippen LogP contribution in [-0.4, -0.2) is 41.2 Å². The standard InChI is InChI=1S/C26H28N2O6S/c1-18-5-6-19(2)25(15-18)35(30,31)28(3)21-8-10-22(11-9-21)34-17-26(29)27-20-7-12-23-24(16-20)33-14-4-13-32-23/h5-12,15-16H,4,13-14,17H2,1-3H3,(H,27,29). The minimum absolute atomic E-state index is 0.204. The quantitative estimate of drug-likeness (QED) is 0.524. The summed E-state index contributed by atoms with van der Waals surface area (Å²) in [5.74, 6) is 1.36. The summed E-state index contributed by atoms with van der Waals surface area (Å²) in [5, 5.41) is 2.77. The molecule has 3 aromatic rings. The van der Waals surface area contributed by atoms with E-state index >= 15 is 0 Å². The Labute approximate surface area is 205 Å². The number of rotatable bonds is 7. The van der Waals surface area contributed by atoms with Crippen molar-refractivity contribution in [1.82, 2.24) is 0 Å². The lowest BCUT2D eigenvalue weighted by atomic mass is 10.2. The maximum absolute atomic E-state index is 13.1. The molecule has 0 aromatic heterocycles. The molecule has 0 fully saturated rings. The number of hydrogen-bond donors (Lipinski definition) is 1. The number of fused-ring (bicyclic) bond motifs is 1. The van der Waals surface area contributed by atoms with Crippen molar-refractivity contribution in [3.63, 3.8) is 0 Å². The van der Waals surface area contributed by atoms with E-state index < -0.39 is 10.0 Å². The topological polar surface area (TPSA) is 94.2 Å². The van der Waals surface area contributed by atoms with Gasteiger partial charge in [-0.05, 0) is 67.4 Å². The van der Waals surface area contributed by atoms with E-state index in [1.807, 2.05) is 13.0 Å². The molecule has 1 aliphatic heterocycles. The van der Waals surface area contributed by atoms with Gasteiger partial charge in [0.2, 0.25) is 0 Å². The highest BCUT2D eigenvalue weighted by molar-refractivity contribution is 7.92. The van der Waals surface area contributed by atoms with Crippen molar-refractivity contribution in [2.45, 2.75) is 25.2 Å². The largest absolute Gasteiger partial charge is 0.490 e. The van der Waals surface area contributed by atoms with Crippen LogP contribution in [0.25, 0.3) is 0 Å². The fraction of sp³-hybridized carbons (Fsp3) is 0.269. The van der Waals surface area contributed by atoms with Crippen LogP contribution < -0.4 is 23.8 Å². The third-order valence-corrected chi connectivity index (χ3v) is 7.51. The molecule has 0 aliphatic carbocycles. The van der Waals surface area contributed by atoms with Gasteiger partial charge >= 0.3 is 0 Å². The van der Waals surface area contributed by atoms with E-state index in [9.17, 15) is 13.2 Å². The molecule has 8 nitrogen and oxygen atoms in total. The van der Waals surface area contributed by atoms with Crippen molar-refractivity contribution in [3.8, 4) is 17.2 Å². The van der Waals surface area contributed by atoms with Gasteiger partial charge in [0.15, 0.2) is 18.1 Å². The lowest BCUT2D eigenvalue weighted by Crippen LogP contribution is -2.27. The van der Waals surface area contributed by atoms with Crippen LogP contribution in [0.5, 0.6) is 17.2 Å². The molecular formula is C26H28N2O6S. The van der Waals surface area contributed by atoms with Crippen LogP contribution in [-0.2, 0) is 14.8 Å². The predicted octanol–water partition coefficient (Wildman–Crippen LogP) is 4.31. The van der Waals surface area contributed by atoms with Crippen molar-refractivity contribution in [3.05, 3.63) is 71.8 Å². The Kier molecular flexibility index (Phi) is 7.16. The number of carbonyl (C=O) groups is 1. The number of sulfonamides is 1. The van der Waals surface area contributed by atoms with Crippen molar-refractivity contribution in [1.29, 1.82) is 0 Å². The zero-order valence-electron chi connectivity index (χ0n) is 19.9. The van der Waals surface area contributed by atoms with Gasteiger partial charge in [-0.15, -0.1) is 0 Å². The molecule has 1 heterocycles. The van der Waals surface area contributed by atoms with E-state index in [0.29, 0.717) is 47.4 Å². The van der Waals surface area contributed by atoms with E-state index in [1.54, 1.807) is 61.5 Å². The molecule has 0 saturated heterocycles. The van der Waals surface area contributed by atoms with E-state index in [1.165, 1.54) is 11.4 Å². The van der Waals surface area contributed by atoms with E-state index in [2.05, 4.69) is 5.32 Å². The fourth-order valence-electron chi connectivity index (χ4n) is 3.61. The molecule has 9 heteroatoms. The third kappa shape index (κ3) is 5.68. The normalized spacial score (nSPS) is 13.0. The second kappa shape index (κ2) is 10.3. The van der Waals surface area contributed by atoms with E-state index in [0.717, 1.165) is 12.0 Å². The number of hydrogen-bond acceptors (Lipinski definition) is 6. The van der Waals surface area contributed by atoms with Crippen LogP contribution in [0, 0.1) is 13.8 Å². The maximum Gasteiger partial charge on any atom is 0.264 e. The third-order valence-electron chi connectivity index (χ3n) is 5.58. The highest BCUT2D eigenvalue weighted by Gasteiger charge is 2.23. The average Bonchev–Trinajstić information content (AvgIpc) is 3.09. The maximum atomic E-state index is 13.1. The number of nitrogens with one attached hydrogen (secondary N) is 1. The SMILES string of the molecule is Cc1ccc(C)c(S(=O)(=O)N(C)c2ccc(OCC(=O)Nc3ccc4c(c3)OCCCO4)cc2)c1. The number of anilines is 2. The molecule has 0 spiro atoms. The van der Waals surface area contributed by atoms with Crippen molar-refractivity contribution in [2.24, 2.45) is 0 Å². The van der Waals surface area contributed by atoms with Crippen LogP contribution in [0.3, 0.4) is 0 Å². The summed E-state index contributed by atoms with van der Waals surface area (Å²) in [6.45, 7) is 4.58. The summed E-state index contributed by atoms with van der Waals surface area (Å²) >= 11 is 0. The summed E-state index contributed by atoms with van der Waals surface area (Å²) in [5.41, 5.74) is 2.62.